The number of methoxy groups -OCH3 is 1. The summed E-state index contributed by atoms with van der Waals surface area (Å²) in [7, 11) is 1.40. The van der Waals surface area contributed by atoms with Crippen LogP contribution < -0.4 is 0 Å². The second-order valence-corrected chi connectivity index (χ2v) is 8.34. The molecule has 4 heteroatoms. The minimum Gasteiger partial charge on any atom is -0.469 e. The van der Waals surface area contributed by atoms with Gasteiger partial charge in [-0.05, 0) is 29.4 Å². The summed E-state index contributed by atoms with van der Waals surface area (Å²) in [5, 5.41) is 0. The molecule has 0 aromatic heterocycles. The van der Waals surface area contributed by atoms with Gasteiger partial charge in [-0.1, -0.05) is 72.8 Å². The van der Waals surface area contributed by atoms with E-state index in [1.54, 1.807) is 0 Å². The van der Waals surface area contributed by atoms with E-state index in [1.807, 2.05) is 12.1 Å². The number of allylic oxidation sites excluding steroid dienone is 1. The number of hydrogen-bond donors (Lipinski definition) is 0. The van der Waals surface area contributed by atoms with Gasteiger partial charge in [0.25, 0.3) is 0 Å². The molecular weight excluding hydrogens is 364 g/mol. The number of fused-ring (bicyclic) bond motifs is 1. The molecule has 1 heterocycles. The number of hydrogen-bond acceptors (Lipinski definition) is 4. The highest BCUT2D eigenvalue weighted by Gasteiger charge is 2.63. The molecule has 148 valence electrons. The molecule has 2 aliphatic carbocycles. The van der Waals surface area contributed by atoms with Gasteiger partial charge in [-0.3, -0.25) is 9.59 Å². The predicted molar refractivity (Wildman–Crippen MR) is 108 cm³/mol. The Balaban J connectivity index is 1.58. The fourth-order valence-corrected chi connectivity index (χ4v) is 5.65. The average Bonchev–Trinajstić information content (AvgIpc) is 3.44. The van der Waals surface area contributed by atoms with Crippen LogP contribution in [0.1, 0.15) is 17.5 Å². The maximum absolute atomic E-state index is 12.8. The zero-order valence-corrected chi connectivity index (χ0v) is 16.4. The van der Waals surface area contributed by atoms with E-state index in [4.69, 9.17) is 9.47 Å². The molecule has 0 spiro atoms. The van der Waals surface area contributed by atoms with E-state index in [2.05, 4.69) is 60.7 Å². The van der Waals surface area contributed by atoms with Crippen molar-refractivity contribution in [3.05, 3.63) is 83.9 Å². The third-order valence-corrected chi connectivity index (χ3v) is 7.06. The first-order chi connectivity index (χ1) is 14.2. The summed E-state index contributed by atoms with van der Waals surface area (Å²) in [6, 6.07) is 21.0. The summed E-state index contributed by atoms with van der Waals surface area (Å²) in [6.07, 6.45) is 5.16. The second kappa shape index (κ2) is 6.87. The number of carbonyl (C=O) groups excluding carboxylic acids is 2. The highest BCUT2D eigenvalue weighted by atomic mass is 16.5. The predicted octanol–water partition coefficient (Wildman–Crippen LogP) is 3.76. The number of esters is 2. The van der Waals surface area contributed by atoms with Gasteiger partial charge < -0.3 is 9.47 Å². The SMILES string of the molecule is COC(=O)[C@@H]1[C@H]([C@H]2CC2(c2ccccc2)c2ccccc2)C=C[C@@H]2COC(=O)[C@H]12. The number of rotatable bonds is 4. The van der Waals surface area contributed by atoms with E-state index in [0.29, 0.717) is 6.61 Å². The third kappa shape index (κ3) is 2.73. The van der Waals surface area contributed by atoms with Gasteiger partial charge in [-0.2, -0.15) is 0 Å². The van der Waals surface area contributed by atoms with Crippen LogP contribution in [0.25, 0.3) is 0 Å². The van der Waals surface area contributed by atoms with Crippen LogP contribution in [0.5, 0.6) is 0 Å². The summed E-state index contributed by atoms with van der Waals surface area (Å²) in [5.41, 5.74) is 2.35. The minimum absolute atomic E-state index is 0.0375. The topological polar surface area (TPSA) is 52.6 Å². The molecule has 5 rings (SSSR count). The van der Waals surface area contributed by atoms with Gasteiger partial charge in [0, 0.05) is 11.3 Å². The van der Waals surface area contributed by atoms with Gasteiger partial charge in [0.2, 0.25) is 0 Å². The average molecular weight is 388 g/mol. The van der Waals surface area contributed by atoms with E-state index >= 15 is 0 Å². The number of cyclic esters (lactones) is 1. The van der Waals surface area contributed by atoms with Crippen molar-refractivity contribution in [2.24, 2.45) is 29.6 Å². The molecule has 4 nitrogen and oxygen atoms in total. The highest BCUT2D eigenvalue weighted by molar-refractivity contribution is 5.85. The van der Waals surface area contributed by atoms with Crippen molar-refractivity contribution in [1.82, 2.24) is 0 Å². The van der Waals surface area contributed by atoms with Crippen molar-refractivity contribution in [1.29, 1.82) is 0 Å². The molecular formula is C25H24O4. The molecule has 3 aliphatic rings. The number of carbonyl (C=O) groups is 2. The van der Waals surface area contributed by atoms with Crippen LogP contribution in [0.3, 0.4) is 0 Å². The molecule has 29 heavy (non-hydrogen) atoms. The van der Waals surface area contributed by atoms with Crippen molar-refractivity contribution >= 4 is 11.9 Å². The van der Waals surface area contributed by atoms with Crippen molar-refractivity contribution in [3.8, 4) is 0 Å². The number of benzene rings is 2. The lowest BCUT2D eigenvalue weighted by Crippen LogP contribution is -2.40. The lowest BCUT2D eigenvalue weighted by atomic mass is 9.68. The molecule has 0 bridgehead atoms. The number of ether oxygens (including phenoxy) is 2. The Labute approximate surface area is 170 Å². The fourth-order valence-electron chi connectivity index (χ4n) is 5.65. The van der Waals surface area contributed by atoms with E-state index in [0.717, 1.165) is 6.42 Å². The van der Waals surface area contributed by atoms with Gasteiger partial charge in [0.15, 0.2) is 0 Å². The molecule has 2 aromatic rings. The normalized spacial score (nSPS) is 31.6. The first-order valence-corrected chi connectivity index (χ1v) is 10.2. The summed E-state index contributed by atoms with van der Waals surface area (Å²) in [4.78, 5) is 25.3. The van der Waals surface area contributed by atoms with Gasteiger partial charge in [-0.15, -0.1) is 0 Å². The van der Waals surface area contributed by atoms with Gasteiger partial charge in [0.1, 0.15) is 0 Å². The zero-order chi connectivity index (χ0) is 20.0. The molecule has 1 saturated heterocycles. The first-order valence-electron chi connectivity index (χ1n) is 10.2. The van der Waals surface area contributed by atoms with E-state index in [1.165, 1.54) is 18.2 Å². The first kappa shape index (κ1) is 18.2. The van der Waals surface area contributed by atoms with Gasteiger partial charge in [-0.25, -0.2) is 0 Å². The smallest absolute Gasteiger partial charge is 0.310 e. The molecule has 0 amide bonds. The van der Waals surface area contributed by atoms with Crippen LogP contribution in [-0.2, 0) is 24.5 Å². The summed E-state index contributed by atoms with van der Waals surface area (Å²) in [5.74, 6) is -1.40. The van der Waals surface area contributed by atoms with Gasteiger partial charge >= 0.3 is 11.9 Å². The Morgan fingerprint density at radius 2 is 1.62 bits per heavy atom. The van der Waals surface area contributed by atoms with E-state index < -0.39 is 11.8 Å². The molecule has 1 saturated carbocycles. The molecule has 0 radical (unpaired) electrons. The Morgan fingerprint density at radius 3 is 2.21 bits per heavy atom. The summed E-state index contributed by atoms with van der Waals surface area (Å²) < 4.78 is 10.4. The Hall–Kier alpha value is -2.88. The van der Waals surface area contributed by atoms with Crippen LogP contribution >= 0.6 is 0 Å². The van der Waals surface area contributed by atoms with Crippen LogP contribution in [0, 0.1) is 29.6 Å². The van der Waals surface area contributed by atoms with Crippen LogP contribution in [-0.4, -0.2) is 25.7 Å². The van der Waals surface area contributed by atoms with Crippen LogP contribution in [0.2, 0.25) is 0 Å². The minimum atomic E-state index is -0.496. The van der Waals surface area contributed by atoms with Crippen molar-refractivity contribution in [2.45, 2.75) is 11.8 Å². The lowest BCUT2D eigenvalue weighted by molar-refractivity contribution is -0.156. The van der Waals surface area contributed by atoms with E-state index in [-0.39, 0.29) is 35.1 Å². The quantitative estimate of drug-likeness (QED) is 0.591. The Morgan fingerprint density at radius 1 is 1.00 bits per heavy atom. The van der Waals surface area contributed by atoms with Crippen molar-refractivity contribution in [2.75, 3.05) is 13.7 Å². The van der Waals surface area contributed by atoms with Crippen LogP contribution in [0.15, 0.2) is 72.8 Å². The maximum Gasteiger partial charge on any atom is 0.310 e. The lowest BCUT2D eigenvalue weighted by Gasteiger charge is -2.33. The second-order valence-electron chi connectivity index (χ2n) is 8.34. The van der Waals surface area contributed by atoms with Crippen molar-refractivity contribution < 1.29 is 19.1 Å². The van der Waals surface area contributed by atoms with Gasteiger partial charge in [0.05, 0.1) is 25.6 Å². The molecule has 2 aromatic carbocycles. The summed E-state index contributed by atoms with van der Waals surface area (Å²) >= 11 is 0. The Bertz CT molecular complexity index is 910. The van der Waals surface area contributed by atoms with E-state index in [9.17, 15) is 9.59 Å². The zero-order valence-electron chi connectivity index (χ0n) is 16.4. The monoisotopic (exact) mass is 388 g/mol. The maximum atomic E-state index is 12.8. The molecule has 0 N–H and O–H groups in total. The summed E-state index contributed by atoms with van der Waals surface area (Å²) in [6.45, 7) is 0.355. The molecule has 5 atom stereocenters. The molecule has 1 aliphatic heterocycles. The fraction of sp³-hybridized carbons (Fsp3) is 0.360. The Kier molecular flexibility index (Phi) is 4.30. The molecule has 2 fully saturated rings. The van der Waals surface area contributed by atoms with Crippen molar-refractivity contribution in [3.63, 3.8) is 0 Å². The third-order valence-electron chi connectivity index (χ3n) is 7.06. The van der Waals surface area contributed by atoms with Crippen LogP contribution in [0.4, 0.5) is 0 Å². The standard InChI is InChI=1S/C25H24O4/c1-28-23(26)22-19(13-12-16-15-29-24(27)21(16)22)20-14-25(20,17-8-4-2-5-9-17)18-10-6-3-7-11-18/h2-13,16,19-22H,14-15H2,1H3/t16-,19+,20-,21+,22-/m1/s1. The highest BCUT2D eigenvalue weighted by Crippen LogP contribution is 2.65. The largest absolute Gasteiger partial charge is 0.469 e. The molecule has 0 unspecified atom stereocenters.